The van der Waals surface area contributed by atoms with Crippen LogP contribution in [0.3, 0.4) is 0 Å². The summed E-state index contributed by atoms with van der Waals surface area (Å²) in [5.74, 6) is 0. The molecule has 0 unspecified atom stereocenters. The zero-order valence-corrected chi connectivity index (χ0v) is 8.59. The summed E-state index contributed by atoms with van der Waals surface area (Å²) in [5.41, 5.74) is 3.28. The van der Waals surface area contributed by atoms with Crippen LogP contribution in [0.1, 0.15) is 12.5 Å². The molecule has 0 atom stereocenters. The Morgan fingerprint density at radius 1 is 1.07 bits per heavy atom. The Morgan fingerprint density at radius 2 is 1.87 bits per heavy atom. The van der Waals surface area contributed by atoms with Gasteiger partial charge in [0.15, 0.2) is 0 Å². The average Bonchev–Trinajstić information content (AvgIpc) is 2.32. The second kappa shape index (κ2) is 4.51. The van der Waals surface area contributed by atoms with Crippen molar-refractivity contribution in [2.24, 2.45) is 0 Å². The van der Waals surface area contributed by atoms with E-state index < -0.39 is 0 Å². The number of hydrogen-bond acceptors (Lipinski definition) is 2. The molecule has 2 aromatic rings. The van der Waals surface area contributed by atoms with Crippen molar-refractivity contribution in [3.63, 3.8) is 0 Å². The molecule has 0 saturated heterocycles. The van der Waals surface area contributed by atoms with Gasteiger partial charge in [-0.1, -0.05) is 36.4 Å². The van der Waals surface area contributed by atoms with Crippen LogP contribution in [0, 0.1) is 0 Å². The van der Waals surface area contributed by atoms with Crippen molar-refractivity contribution in [2.75, 3.05) is 0 Å². The van der Waals surface area contributed by atoms with Gasteiger partial charge in [0.2, 0.25) is 0 Å². The second-order valence-corrected chi connectivity index (χ2v) is 3.22. The van der Waals surface area contributed by atoms with Crippen molar-refractivity contribution in [2.45, 2.75) is 6.92 Å². The highest BCUT2D eigenvalue weighted by atomic mass is 14.8. The van der Waals surface area contributed by atoms with Gasteiger partial charge < -0.3 is 0 Å². The topological polar surface area (TPSA) is 25.8 Å². The summed E-state index contributed by atoms with van der Waals surface area (Å²) < 4.78 is 0. The summed E-state index contributed by atoms with van der Waals surface area (Å²) in [7, 11) is 0. The first-order valence-electron chi connectivity index (χ1n) is 4.89. The molecule has 1 aromatic carbocycles. The highest BCUT2D eigenvalue weighted by Crippen LogP contribution is 2.16. The molecule has 0 aliphatic rings. The molecule has 0 bridgehead atoms. The van der Waals surface area contributed by atoms with E-state index in [0.29, 0.717) is 0 Å². The Kier molecular flexibility index (Phi) is 2.88. The average molecular weight is 196 g/mol. The van der Waals surface area contributed by atoms with E-state index in [1.165, 1.54) is 5.56 Å². The minimum atomic E-state index is 0.956. The van der Waals surface area contributed by atoms with Gasteiger partial charge in [0.25, 0.3) is 0 Å². The molecule has 0 N–H and O–H groups in total. The molecule has 0 spiro atoms. The molecule has 1 aromatic heterocycles. The molecule has 2 heteroatoms. The summed E-state index contributed by atoms with van der Waals surface area (Å²) in [6.07, 6.45) is 7.42. The number of aromatic nitrogens is 2. The molecule has 0 fully saturated rings. The van der Waals surface area contributed by atoms with E-state index in [4.69, 9.17) is 0 Å². The van der Waals surface area contributed by atoms with Crippen LogP contribution < -0.4 is 0 Å². The Hall–Kier alpha value is -1.96. The van der Waals surface area contributed by atoms with Gasteiger partial charge in [-0.2, -0.15) is 0 Å². The first-order chi connectivity index (χ1) is 7.40. The molecule has 2 rings (SSSR count). The minimum Gasteiger partial charge on any atom is -0.245 e. The molecule has 0 saturated carbocycles. The fourth-order valence-electron chi connectivity index (χ4n) is 1.42. The van der Waals surface area contributed by atoms with Crippen LogP contribution >= 0.6 is 0 Å². The zero-order chi connectivity index (χ0) is 10.5. The smallest absolute Gasteiger partial charge is 0.116 e. The van der Waals surface area contributed by atoms with Crippen LogP contribution in [0.15, 0.2) is 48.9 Å². The van der Waals surface area contributed by atoms with E-state index in [2.05, 4.69) is 40.3 Å². The highest BCUT2D eigenvalue weighted by molar-refractivity contribution is 5.61. The van der Waals surface area contributed by atoms with Crippen LogP contribution in [0.5, 0.6) is 0 Å². The lowest BCUT2D eigenvalue weighted by Crippen LogP contribution is -1.83. The largest absolute Gasteiger partial charge is 0.245 e. The van der Waals surface area contributed by atoms with Gasteiger partial charge in [0, 0.05) is 11.8 Å². The fraction of sp³-hybridized carbons (Fsp3) is 0.0769. The predicted molar refractivity (Wildman–Crippen MR) is 62.2 cm³/mol. The quantitative estimate of drug-likeness (QED) is 0.737. The van der Waals surface area contributed by atoms with Crippen molar-refractivity contribution < 1.29 is 0 Å². The van der Waals surface area contributed by atoms with Gasteiger partial charge in [-0.3, -0.25) is 0 Å². The SMILES string of the molecule is C/C=C/c1ccc(-c2ccncn2)cc1. The Balaban J connectivity index is 2.32. The summed E-state index contributed by atoms with van der Waals surface area (Å²) in [6.45, 7) is 2.01. The first-order valence-corrected chi connectivity index (χ1v) is 4.89. The highest BCUT2D eigenvalue weighted by Gasteiger charge is 1.96. The van der Waals surface area contributed by atoms with Crippen LogP contribution in [0.25, 0.3) is 17.3 Å². The van der Waals surface area contributed by atoms with E-state index in [0.717, 1.165) is 11.3 Å². The van der Waals surface area contributed by atoms with E-state index in [1.807, 2.05) is 19.1 Å². The number of rotatable bonds is 2. The van der Waals surface area contributed by atoms with E-state index >= 15 is 0 Å². The Labute approximate surface area is 89.3 Å². The molecule has 74 valence electrons. The molecular weight excluding hydrogens is 184 g/mol. The van der Waals surface area contributed by atoms with Gasteiger partial charge in [0.1, 0.15) is 6.33 Å². The van der Waals surface area contributed by atoms with Gasteiger partial charge in [0.05, 0.1) is 5.69 Å². The van der Waals surface area contributed by atoms with Crippen molar-refractivity contribution >= 4 is 6.08 Å². The molecule has 1 heterocycles. The van der Waals surface area contributed by atoms with Crippen molar-refractivity contribution in [3.8, 4) is 11.3 Å². The molecule has 0 aliphatic carbocycles. The normalized spacial score (nSPS) is 10.7. The summed E-state index contributed by atoms with van der Waals surface area (Å²) in [4.78, 5) is 8.09. The fourth-order valence-corrected chi connectivity index (χ4v) is 1.42. The standard InChI is InChI=1S/C13H12N2/c1-2-3-11-4-6-12(7-5-11)13-8-9-14-10-15-13/h2-10H,1H3/b3-2+. The molecule has 15 heavy (non-hydrogen) atoms. The molecule has 2 nitrogen and oxygen atoms in total. The Morgan fingerprint density at radius 3 is 2.47 bits per heavy atom. The number of hydrogen-bond donors (Lipinski definition) is 0. The van der Waals surface area contributed by atoms with Crippen LogP contribution in [0.2, 0.25) is 0 Å². The third-order valence-electron chi connectivity index (χ3n) is 2.15. The number of benzene rings is 1. The monoisotopic (exact) mass is 196 g/mol. The molecule has 0 radical (unpaired) electrons. The minimum absolute atomic E-state index is 0.956. The molecular formula is C13H12N2. The van der Waals surface area contributed by atoms with Crippen molar-refractivity contribution in [1.29, 1.82) is 0 Å². The van der Waals surface area contributed by atoms with E-state index in [1.54, 1.807) is 12.5 Å². The van der Waals surface area contributed by atoms with Gasteiger partial charge in [-0.25, -0.2) is 9.97 Å². The van der Waals surface area contributed by atoms with E-state index in [9.17, 15) is 0 Å². The van der Waals surface area contributed by atoms with Crippen molar-refractivity contribution in [1.82, 2.24) is 9.97 Å². The molecule has 0 amide bonds. The maximum atomic E-state index is 4.20. The van der Waals surface area contributed by atoms with Gasteiger partial charge >= 0.3 is 0 Å². The molecule has 0 aliphatic heterocycles. The van der Waals surface area contributed by atoms with Crippen LogP contribution in [0.4, 0.5) is 0 Å². The summed E-state index contributed by atoms with van der Waals surface area (Å²) >= 11 is 0. The van der Waals surface area contributed by atoms with Crippen LogP contribution in [-0.4, -0.2) is 9.97 Å². The maximum Gasteiger partial charge on any atom is 0.116 e. The second-order valence-electron chi connectivity index (χ2n) is 3.22. The van der Waals surface area contributed by atoms with Gasteiger partial charge in [-0.05, 0) is 18.6 Å². The Bertz CT molecular complexity index is 444. The summed E-state index contributed by atoms with van der Waals surface area (Å²) in [6, 6.07) is 10.2. The lowest BCUT2D eigenvalue weighted by Gasteiger charge is -2.00. The van der Waals surface area contributed by atoms with Gasteiger partial charge in [-0.15, -0.1) is 0 Å². The maximum absolute atomic E-state index is 4.20. The third-order valence-corrected chi connectivity index (χ3v) is 2.15. The summed E-state index contributed by atoms with van der Waals surface area (Å²) in [5, 5.41) is 0. The first kappa shape index (κ1) is 9.59. The van der Waals surface area contributed by atoms with E-state index in [-0.39, 0.29) is 0 Å². The number of nitrogens with zero attached hydrogens (tertiary/aromatic N) is 2. The number of allylic oxidation sites excluding steroid dienone is 1. The van der Waals surface area contributed by atoms with Crippen molar-refractivity contribution in [3.05, 3.63) is 54.5 Å². The predicted octanol–water partition coefficient (Wildman–Crippen LogP) is 3.18. The van der Waals surface area contributed by atoms with Crippen LogP contribution in [-0.2, 0) is 0 Å². The third kappa shape index (κ3) is 2.29. The zero-order valence-electron chi connectivity index (χ0n) is 8.59. The lowest BCUT2D eigenvalue weighted by molar-refractivity contribution is 1.17. The lowest BCUT2D eigenvalue weighted by atomic mass is 10.1.